The molecule has 1 fully saturated rings. The molecule has 21 heavy (non-hydrogen) atoms. The van der Waals surface area contributed by atoms with Gasteiger partial charge in [0.15, 0.2) is 11.5 Å². The number of hydrogen-bond acceptors (Lipinski definition) is 4. The van der Waals surface area contributed by atoms with E-state index in [9.17, 15) is 19.1 Å². The van der Waals surface area contributed by atoms with Crippen LogP contribution in [0.4, 0.5) is 8.78 Å². The van der Waals surface area contributed by atoms with Gasteiger partial charge in [-0.15, -0.1) is 0 Å². The third-order valence-corrected chi connectivity index (χ3v) is 3.96. The Morgan fingerprint density at radius 1 is 1.29 bits per heavy atom. The summed E-state index contributed by atoms with van der Waals surface area (Å²) in [5.74, 6) is 0.0128. The summed E-state index contributed by atoms with van der Waals surface area (Å²) in [5.41, 5.74) is -0.466. The van der Waals surface area contributed by atoms with Crippen molar-refractivity contribution in [3.8, 4) is 17.6 Å². The number of hydrogen-bond donors (Lipinski definition) is 1. The molecule has 0 radical (unpaired) electrons. The quantitative estimate of drug-likeness (QED) is 0.904. The van der Waals surface area contributed by atoms with Crippen molar-refractivity contribution in [1.29, 1.82) is 5.26 Å². The molecule has 0 saturated heterocycles. The van der Waals surface area contributed by atoms with Gasteiger partial charge < -0.3 is 14.6 Å². The van der Waals surface area contributed by atoms with Crippen LogP contribution in [0, 0.1) is 16.7 Å². The minimum Gasteiger partial charge on any atom is -0.493 e. The van der Waals surface area contributed by atoms with Gasteiger partial charge in [-0.05, 0) is 30.5 Å². The summed E-state index contributed by atoms with van der Waals surface area (Å²) < 4.78 is 34.2. The van der Waals surface area contributed by atoms with Crippen molar-refractivity contribution in [2.75, 3.05) is 7.11 Å². The van der Waals surface area contributed by atoms with Gasteiger partial charge in [-0.3, -0.25) is 0 Å². The molecular weight excluding hydrogens is 280 g/mol. The lowest BCUT2D eigenvalue weighted by Crippen LogP contribution is -2.24. The normalized spacial score (nSPS) is 18.3. The molecule has 1 aliphatic carbocycles. The number of aliphatic hydroxyl groups excluding tert-OH is 1. The minimum atomic E-state index is -2.98. The molecule has 6 heteroatoms. The van der Waals surface area contributed by atoms with E-state index in [0.29, 0.717) is 18.4 Å². The third kappa shape index (κ3) is 3.08. The van der Waals surface area contributed by atoms with Crippen molar-refractivity contribution in [1.82, 2.24) is 0 Å². The van der Waals surface area contributed by atoms with Crippen molar-refractivity contribution in [3.05, 3.63) is 23.8 Å². The standard InChI is InChI=1S/C15H17F2NO3/c1-20-11-5-4-10(8-12(11)21-14(16)17)13(19)15(9-18)6-2-3-7-15/h4-5,8,13-14,19H,2-3,6-7H2,1H3. The molecule has 0 aromatic heterocycles. The van der Waals surface area contributed by atoms with Crippen LogP contribution in [0.25, 0.3) is 0 Å². The monoisotopic (exact) mass is 297 g/mol. The number of methoxy groups -OCH3 is 1. The average Bonchev–Trinajstić information content (AvgIpc) is 2.96. The van der Waals surface area contributed by atoms with Crippen molar-refractivity contribution >= 4 is 0 Å². The average molecular weight is 297 g/mol. The number of benzene rings is 1. The number of rotatable bonds is 5. The number of ether oxygens (including phenoxy) is 2. The van der Waals surface area contributed by atoms with Gasteiger partial charge in [0.1, 0.15) is 0 Å². The van der Waals surface area contributed by atoms with Crippen LogP contribution in [-0.4, -0.2) is 18.8 Å². The van der Waals surface area contributed by atoms with Gasteiger partial charge in [-0.2, -0.15) is 14.0 Å². The largest absolute Gasteiger partial charge is 0.493 e. The fourth-order valence-electron chi connectivity index (χ4n) is 2.82. The highest BCUT2D eigenvalue weighted by Crippen LogP contribution is 2.48. The van der Waals surface area contributed by atoms with Crippen molar-refractivity contribution < 1.29 is 23.4 Å². The van der Waals surface area contributed by atoms with Gasteiger partial charge in [0.2, 0.25) is 0 Å². The molecule has 1 saturated carbocycles. The number of halogens is 2. The summed E-state index contributed by atoms with van der Waals surface area (Å²) in [6.45, 7) is -2.98. The van der Waals surface area contributed by atoms with Crippen LogP contribution in [-0.2, 0) is 0 Å². The molecule has 0 bridgehead atoms. The highest BCUT2D eigenvalue weighted by molar-refractivity contribution is 5.44. The second-order valence-electron chi connectivity index (χ2n) is 5.17. The van der Waals surface area contributed by atoms with Gasteiger partial charge in [0, 0.05) is 0 Å². The lowest BCUT2D eigenvalue weighted by atomic mass is 9.78. The number of alkyl halides is 2. The van der Waals surface area contributed by atoms with Crippen LogP contribution in [0.1, 0.15) is 37.4 Å². The molecule has 114 valence electrons. The zero-order valence-corrected chi connectivity index (χ0v) is 11.7. The smallest absolute Gasteiger partial charge is 0.387 e. The lowest BCUT2D eigenvalue weighted by Gasteiger charge is -2.27. The molecule has 0 aliphatic heterocycles. The molecule has 1 aromatic carbocycles. The zero-order valence-electron chi connectivity index (χ0n) is 11.7. The first-order chi connectivity index (χ1) is 10.0. The molecule has 0 heterocycles. The summed E-state index contributed by atoms with van der Waals surface area (Å²) >= 11 is 0. The summed E-state index contributed by atoms with van der Waals surface area (Å²) in [4.78, 5) is 0. The van der Waals surface area contributed by atoms with Gasteiger partial charge in [-0.25, -0.2) is 0 Å². The first kappa shape index (κ1) is 15.5. The molecule has 0 spiro atoms. The lowest BCUT2D eigenvalue weighted by molar-refractivity contribution is -0.0514. The molecule has 4 nitrogen and oxygen atoms in total. The Kier molecular flexibility index (Phi) is 4.63. The van der Waals surface area contributed by atoms with Crippen LogP contribution >= 0.6 is 0 Å². The fraction of sp³-hybridized carbons (Fsp3) is 0.533. The first-order valence-corrected chi connectivity index (χ1v) is 6.74. The van der Waals surface area contributed by atoms with E-state index in [-0.39, 0.29) is 11.5 Å². The fourth-order valence-corrected chi connectivity index (χ4v) is 2.82. The maximum absolute atomic E-state index is 12.4. The van der Waals surface area contributed by atoms with E-state index in [1.807, 2.05) is 0 Å². The number of aliphatic hydroxyl groups is 1. The highest BCUT2D eigenvalue weighted by atomic mass is 19.3. The summed E-state index contributed by atoms with van der Waals surface area (Å²) in [6.07, 6.45) is 1.92. The second-order valence-corrected chi connectivity index (χ2v) is 5.17. The first-order valence-electron chi connectivity index (χ1n) is 6.74. The van der Waals surface area contributed by atoms with Gasteiger partial charge in [0.05, 0.1) is 24.7 Å². The predicted molar refractivity (Wildman–Crippen MR) is 71.1 cm³/mol. The molecule has 1 N–H and O–H groups in total. The summed E-state index contributed by atoms with van der Waals surface area (Å²) in [7, 11) is 1.34. The van der Waals surface area contributed by atoms with Crippen LogP contribution in [0.3, 0.4) is 0 Å². The minimum absolute atomic E-state index is 0.143. The van der Waals surface area contributed by atoms with E-state index >= 15 is 0 Å². The van der Waals surface area contributed by atoms with Crippen LogP contribution in [0.15, 0.2) is 18.2 Å². The Bertz CT molecular complexity index is 536. The maximum atomic E-state index is 12.4. The molecule has 0 amide bonds. The van der Waals surface area contributed by atoms with E-state index in [0.717, 1.165) is 12.8 Å². The van der Waals surface area contributed by atoms with Gasteiger partial charge >= 0.3 is 6.61 Å². The van der Waals surface area contributed by atoms with E-state index in [1.54, 1.807) is 6.07 Å². The molecule has 1 atom stereocenters. The summed E-state index contributed by atoms with van der Waals surface area (Å²) in [5, 5.41) is 19.9. The van der Waals surface area contributed by atoms with E-state index in [2.05, 4.69) is 10.8 Å². The third-order valence-electron chi connectivity index (χ3n) is 3.96. The Hall–Kier alpha value is -1.87. The molecule has 1 unspecified atom stereocenters. The predicted octanol–water partition coefficient (Wildman–Crippen LogP) is 3.41. The Balaban J connectivity index is 2.33. The zero-order chi connectivity index (χ0) is 15.5. The topological polar surface area (TPSA) is 62.5 Å². The van der Waals surface area contributed by atoms with Crippen molar-refractivity contribution in [2.24, 2.45) is 5.41 Å². The SMILES string of the molecule is COc1ccc(C(O)C2(C#N)CCCC2)cc1OC(F)F. The van der Waals surface area contributed by atoms with E-state index in [1.165, 1.54) is 19.2 Å². The number of nitrogens with zero attached hydrogens (tertiary/aromatic N) is 1. The van der Waals surface area contributed by atoms with E-state index in [4.69, 9.17) is 4.74 Å². The molecule has 2 rings (SSSR count). The molecular formula is C15H17F2NO3. The Labute approximate surface area is 121 Å². The Morgan fingerprint density at radius 2 is 1.95 bits per heavy atom. The van der Waals surface area contributed by atoms with Gasteiger partial charge in [0.25, 0.3) is 0 Å². The second kappa shape index (κ2) is 6.27. The molecule has 1 aliphatic rings. The Morgan fingerprint density at radius 3 is 2.48 bits per heavy atom. The van der Waals surface area contributed by atoms with Gasteiger partial charge in [-0.1, -0.05) is 18.9 Å². The molecule has 1 aromatic rings. The maximum Gasteiger partial charge on any atom is 0.387 e. The van der Waals surface area contributed by atoms with Crippen molar-refractivity contribution in [2.45, 2.75) is 38.4 Å². The highest BCUT2D eigenvalue weighted by Gasteiger charge is 2.42. The van der Waals surface area contributed by atoms with Crippen LogP contribution in [0.2, 0.25) is 0 Å². The van der Waals surface area contributed by atoms with E-state index < -0.39 is 18.1 Å². The van der Waals surface area contributed by atoms with Crippen molar-refractivity contribution in [3.63, 3.8) is 0 Å². The number of nitriles is 1. The van der Waals surface area contributed by atoms with Crippen LogP contribution in [0.5, 0.6) is 11.5 Å². The van der Waals surface area contributed by atoms with Crippen LogP contribution < -0.4 is 9.47 Å². The summed E-state index contributed by atoms with van der Waals surface area (Å²) in [6, 6.07) is 6.53.